The van der Waals surface area contributed by atoms with E-state index in [0.717, 1.165) is 32.2 Å². The Labute approximate surface area is 134 Å². The van der Waals surface area contributed by atoms with Gasteiger partial charge in [-0.25, -0.2) is 0 Å². The minimum atomic E-state index is 0.467. The fourth-order valence-electron chi connectivity index (χ4n) is 2.99. The van der Waals surface area contributed by atoms with Crippen LogP contribution in [0.15, 0.2) is 29.3 Å². The van der Waals surface area contributed by atoms with Crippen LogP contribution in [-0.2, 0) is 4.74 Å². The Hall–Kier alpha value is -1.55. The molecule has 1 saturated heterocycles. The summed E-state index contributed by atoms with van der Waals surface area (Å²) in [5.74, 6) is 2.10. The van der Waals surface area contributed by atoms with Crippen LogP contribution in [-0.4, -0.2) is 51.3 Å². The molecule has 4 nitrogen and oxygen atoms in total. The minimum Gasteiger partial charge on any atom is -0.384 e. The van der Waals surface area contributed by atoms with Crippen molar-refractivity contribution in [2.45, 2.75) is 26.2 Å². The lowest BCUT2D eigenvalue weighted by Gasteiger charge is -2.23. The van der Waals surface area contributed by atoms with Crippen molar-refractivity contribution in [3.8, 4) is 0 Å². The van der Waals surface area contributed by atoms with Crippen LogP contribution in [0.5, 0.6) is 0 Å². The van der Waals surface area contributed by atoms with Crippen LogP contribution in [0.4, 0.5) is 0 Å². The predicted molar refractivity (Wildman–Crippen MR) is 92.5 cm³/mol. The van der Waals surface area contributed by atoms with Gasteiger partial charge in [0.05, 0.1) is 6.61 Å². The molecule has 0 radical (unpaired) electrons. The standard InChI is InChI=1S/C18H29N3O/c1-14-5-7-17(8-6-14)15(2)11-20-18(19-3)21-10-9-16(12-21)13-22-4/h5-8,15-16H,9-13H2,1-4H3,(H,19,20). The zero-order chi connectivity index (χ0) is 15.9. The van der Waals surface area contributed by atoms with Crippen molar-refractivity contribution < 1.29 is 4.74 Å². The number of aliphatic imine (C=N–C) groups is 1. The Balaban J connectivity index is 1.85. The van der Waals surface area contributed by atoms with Crippen LogP contribution in [0.3, 0.4) is 0 Å². The van der Waals surface area contributed by atoms with E-state index in [-0.39, 0.29) is 0 Å². The molecule has 1 aliphatic rings. The van der Waals surface area contributed by atoms with E-state index in [1.54, 1.807) is 7.11 Å². The van der Waals surface area contributed by atoms with Gasteiger partial charge < -0.3 is 15.0 Å². The highest BCUT2D eigenvalue weighted by Gasteiger charge is 2.24. The fraction of sp³-hybridized carbons (Fsp3) is 0.611. The van der Waals surface area contributed by atoms with Gasteiger partial charge in [-0.1, -0.05) is 36.8 Å². The highest BCUT2D eigenvalue weighted by atomic mass is 16.5. The van der Waals surface area contributed by atoms with Crippen LogP contribution in [0.1, 0.15) is 30.4 Å². The molecule has 0 aromatic heterocycles. The van der Waals surface area contributed by atoms with Crippen molar-refractivity contribution in [2.75, 3.05) is 40.4 Å². The molecule has 0 saturated carbocycles. The summed E-state index contributed by atoms with van der Waals surface area (Å²) in [4.78, 5) is 6.77. The summed E-state index contributed by atoms with van der Waals surface area (Å²) in [6.07, 6.45) is 1.18. The first-order valence-electron chi connectivity index (χ1n) is 8.15. The van der Waals surface area contributed by atoms with Gasteiger partial charge in [0.1, 0.15) is 0 Å². The van der Waals surface area contributed by atoms with Crippen LogP contribution in [0.25, 0.3) is 0 Å². The van der Waals surface area contributed by atoms with E-state index in [9.17, 15) is 0 Å². The molecule has 1 heterocycles. The maximum Gasteiger partial charge on any atom is 0.193 e. The van der Waals surface area contributed by atoms with Gasteiger partial charge in [-0.2, -0.15) is 0 Å². The molecule has 0 amide bonds. The van der Waals surface area contributed by atoms with Crippen molar-refractivity contribution in [2.24, 2.45) is 10.9 Å². The van der Waals surface area contributed by atoms with Crippen LogP contribution in [0.2, 0.25) is 0 Å². The third kappa shape index (κ3) is 4.47. The summed E-state index contributed by atoms with van der Waals surface area (Å²) in [6, 6.07) is 8.79. The molecule has 1 aliphatic heterocycles. The van der Waals surface area contributed by atoms with Crippen LogP contribution < -0.4 is 5.32 Å². The second-order valence-electron chi connectivity index (χ2n) is 6.30. The lowest BCUT2D eigenvalue weighted by atomic mass is 10.0. The van der Waals surface area contributed by atoms with Crippen molar-refractivity contribution in [1.29, 1.82) is 0 Å². The first kappa shape index (κ1) is 16.8. The number of methoxy groups -OCH3 is 1. The Morgan fingerprint density at radius 3 is 2.77 bits per heavy atom. The van der Waals surface area contributed by atoms with Gasteiger partial charge in [0.25, 0.3) is 0 Å². The average molecular weight is 303 g/mol. The number of ether oxygens (including phenoxy) is 1. The maximum absolute atomic E-state index is 5.27. The molecule has 1 aromatic rings. The molecular formula is C18H29N3O. The van der Waals surface area contributed by atoms with Gasteiger partial charge in [0, 0.05) is 39.7 Å². The molecular weight excluding hydrogens is 274 g/mol. The third-order valence-electron chi connectivity index (χ3n) is 4.41. The van der Waals surface area contributed by atoms with E-state index in [1.165, 1.54) is 17.5 Å². The fourth-order valence-corrected chi connectivity index (χ4v) is 2.99. The molecule has 0 bridgehead atoms. The van der Waals surface area contributed by atoms with E-state index in [1.807, 2.05) is 7.05 Å². The third-order valence-corrected chi connectivity index (χ3v) is 4.41. The van der Waals surface area contributed by atoms with Crippen LogP contribution in [0, 0.1) is 12.8 Å². The topological polar surface area (TPSA) is 36.9 Å². The number of hydrogen-bond donors (Lipinski definition) is 1. The number of aryl methyl sites for hydroxylation is 1. The van der Waals surface area contributed by atoms with E-state index >= 15 is 0 Å². The van der Waals surface area contributed by atoms with Gasteiger partial charge in [0.2, 0.25) is 0 Å². The second kappa shape index (κ2) is 8.18. The summed E-state index contributed by atoms with van der Waals surface area (Å²) in [7, 11) is 3.64. The molecule has 2 rings (SSSR count). The highest BCUT2D eigenvalue weighted by molar-refractivity contribution is 5.80. The van der Waals surface area contributed by atoms with Crippen molar-refractivity contribution in [1.82, 2.24) is 10.2 Å². The van der Waals surface area contributed by atoms with Gasteiger partial charge >= 0.3 is 0 Å². The maximum atomic E-state index is 5.27. The average Bonchev–Trinajstić information content (AvgIpc) is 2.97. The first-order valence-corrected chi connectivity index (χ1v) is 8.15. The molecule has 2 unspecified atom stereocenters. The lowest BCUT2D eigenvalue weighted by molar-refractivity contribution is 0.157. The summed E-state index contributed by atoms with van der Waals surface area (Å²) >= 11 is 0. The van der Waals surface area contributed by atoms with E-state index < -0.39 is 0 Å². The van der Waals surface area contributed by atoms with Gasteiger partial charge in [0.15, 0.2) is 5.96 Å². The number of guanidine groups is 1. The zero-order valence-electron chi connectivity index (χ0n) is 14.3. The number of benzene rings is 1. The summed E-state index contributed by atoms with van der Waals surface area (Å²) in [6.45, 7) is 8.22. The lowest BCUT2D eigenvalue weighted by Crippen LogP contribution is -2.41. The Kier molecular flexibility index (Phi) is 6.25. The highest BCUT2D eigenvalue weighted by Crippen LogP contribution is 2.18. The number of nitrogens with zero attached hydrogens (tertiary/aromatic N) is 2. The number of hydrogen-bond acceptors (Lipinski definition) is 2. The monoisotopic (exact) mass is 303 g/mol. The Morgan fingerprint density at radius 2 is 2.14 bits per heavy atom. The Morgan fingerprint density at radius 1 is 1.41 bits per heavy atom. The van der Waals surface area contributed by atoms with Crippen molar-refractivity contribution in [3.05, 3.63) is 35.4 Å². The molecule has 1 fully saturated rings. The predicted octanol–water partition coefficient (Wildman–Crippen LogP) is 2.64. The van der Waals surface area contributed by atoms with E-state index in [4.69, 9.17) is 4.74 Å². The second-order valence-corrected chi connectivity index (χ2v) is 6.30. The smallest absolute Gasteiger partial charge is 0.193 e. The summed E-state index contributed by atoms with van der Waals surface area (Å²) in [5.41, 5.74) is 2.67. The molecule has 4 heteroatoms. The zero-order valence-corrected chi connectivity index (χ0v) is 14.3. The normalized spacial score (nSPS) is 20.3. The molecule has 22 heavy (non-hydrogen) atoms. The van der Waals surface area contributed by atoms with Gasteiger partial charge in [-0.3, -0.25) is 4.99 Å². The quantitative estimate of drug-likeness (QED) is 0.671. The molecule has 1 N–H and O–H groups in total. The number of nitrogens with one attached hydrogen (secondary N) is 1. The van der Waals surface area contributed by atoms with E-state index in [2.05, 4.69) is 53.3 Å². The summed E-state index contributed by atoms with van der Waals surface area (Å²) < 4.78 is 5.27. The largest absolute Gasteiger partial charge is 0.384 e. The Bertz CT molecular complexity index is 484. The van der Waals surface area contributed by atoms with Crippen LogP contribution >= 0.6 is 0 Å². The van der Waals surface area contributed by atoms with E-state index in [0.29, 0.717) is 11.8 Å². The molecule has 1 aromatic carbocycles. The molecule has 2 atom stereocenters. The van der Waals surface area contributed by atoms with Gasteiger partial charge in [-0.05, 0) is 24.8 Å². The minimum absolute atomic E-state index is 0.467. The molecule has 0 aliphatic carbocycles. The first-order chi connectivity index (χ1) is 10.6. The van der Waals surface area contributed by atoms with Gasteiger partial charge in [-0.15, -0.1) is 0 Å². The summed E-state index contributed by atoms with van der Waals surface area (Å²) in [5, 5.41) is 3.52. The van der Waals surface area contributed by atoms with Crippen molar-refractivity contribution >= 4 is 5.96 Å². The van der Waals surface area contributed by atoms with Crippen molar-refractivity contribution in [3.63, 3.8) is 0 Å². The molecule has 122 valence electrons. The molecule has 0 spiro atoms. The SMILES string of the molecule is CN=C(NCC(C)c1ccc(C)cc1)N1CCC(COC)C1. The number of rotatable bonds is 5. The number of likely N-dealkylation sites (tertiary alicyclic amines) is 1.